The standard InChI is InChI=1S/C6H12O2.Na/c1-4-6(2,3)5(7)8;/h4H2,1-3H3,(H,7,8);. The molecule has 0 aromatic heterocycles. The zero-order valence-corrected chi connectivity index (χ0v) is 8.56. The van der Waals surface area contributed by atoms with Crippen LogP contribution in [0.25, 0.3) is 0 Å². The van der Waals surface area contributed by atoms with Gasteiger partial charge in [0.25, 0.3) is 0 Å². The van der Waals surface area contributed by atoms with Crippen LogP contribution < -0.4 is 0 Å². The summed E-state index contributed by atoms with van der Waals surface area (Å²) in [6.45, 7) is 5.30. The molecular formula is C6H12NaO2. The maximum absolute atomic E-state index is 10.3. The summed E-state index contributed by atoms with van der Waals surface area (Å²) in [5.74, 6) is -0.722. The Morgan fingerprint density at radius 1 is 1.56 bits per heavy atom. The van der Waals surface area contributed by atoms with E-state index in [-0.39, 0.29) is 29.6 Å². The topological polar surface area (TPSA) is 37.3 Å². The number of carbonyl (C=O) groups is 1. The Labute approximate surface area is 77.9 Å². The van der Waals surface area contributed by atoms with Crippen LogP contribution in [0.15, 0.2) is 0 Å². The summed E-state index contributed by atoms with van der Waals surface area (Å²) >= 11 is 0. The molecule has 49 valence electrons. The van der Waals surface area contributed by atoms with Gasteiger partial charge >= 0.3 is 5.97 Å². The van der Waals surface area contributed by atoms with Crippen LogP contribution in [0.4, 0.5) is 0 Å². The predicted molar refractivity (Wildman–Crippen MR) is 37.5 cm³/mol. The number of carboxylic acids is 1. The molecule has 0 saturated carbocycles. The molecule has 0 atom stereocenters. The SMILES string of the molecule is CCC(C)(C)C(=O)O.[Na]. The number of hydrogen-bond donors (Lipinski definition) is 1. The Kier molecular flexibility index (Phi) is 5.83. The molecule has 1 N–H and O–H groups in total. The molecule has 0 aliphatic heterocycles. The molecule has 0 aliphatic carbocycles. The van der Waals surface area contributed by atoms with Crippen molar-refractivity contribution >= 4 is 35.5 Å². The van der Waals surface area contributed by atoms with Gasteiger partial charge in [0, 0.05) is 29.6 Å². The molecule has 0 heterocycles. The maximum Gasteiger partial charge on any atom is 0.309 e. The van der Waals surface area contributed by atoms with Gasteiger partial charge in [-0.25, -0.2) is 0 Å². The van der Waals surface area contributed by atoms with Gasteiger partial charge < -0.3 is 5.11 Å². The fraction of sp³-hybridized carbons (Fsp3) is 0.833. The fourth-order valence-corrected chi connectivity index (χ4v) is 0.151. The minimum atomic E-state index is -0.722. The average molecular weight is 139 g/mol. The molecule has 0 fully saturated rings. The quantitative estimate of drug-likeness (QED) is 0.582. The van der Waals surface area contributed by atoms with Gasteiger partial charge in [-0.15, -0.1) is 0 Å². The summed E-state index contributed by atoms with van der Waals surface area (Å²) in [6, 6.07) is 0. The van der Waals surface area contributed by atoms with E-state index < -0.39 is 11.4 Å². The number of aliphatic carboxylic acids is 1. The molecule has 0 unspecified atom stereocenters. The molecule has 0 saturated heterocycles. The van der Waals surface area contributed by atoms with E-state index >= 15 is 0 Å². The molecule has 0 rings (SSSR count). The Bertz CT molecular complexity index is 99.2. The van der Waals surface area contributed by atoms with Crippen LogP contribution in [0.5, 0.6) is 0 Å². The van der Waals surface area contributed by atoms with Crippen LogP contribution in [0.3, 0.4) is 0 Å². The first-order chi connectivity index (χ1) is 3.50. The summed E-state index contributed by atoms with van der Waals surface area (Å²) in [5.41, 5.74) is -0.542. The third-order valence-electron chi connectivity index (χ3n) is 1.46. The van der Waals surface area contributed by atoms with Crippen molar-refractivity contribution in [2.24, 2.45) is 5.41 Å². The first kappa shape index (κ1) is 12.2. The van der Waals surface area contributed by atoms with Crippen molar-refractivity contribution in [2.45, 2.75) is 27.2 Å². The molecule has 9 heavy (non-hydrogen) atoms. The molecule has 0 aliphatic rings. The Balaban J connectivity index is 0. The van der Waals surface area contributed by atoms with Crippen LogP contribution in [0.2, 0.25) is 0 Å². The van der Waals surface area contributed by atoms with Gasteiger partial charge in [-0.3, -0.25) is 4.79 Å². The molecule has 0 spiro atoms. The summed E-state index contributed by atoms with van der Waals surface area (Å²) < 4.78 is 0. The molecule has 0 amide bonds. The fourth-order valence-electron chi connectivity index (χ4n) is 0.151. The largest absolute Gasteiger partial charge is 0.481 e. The van der Waals surface area contributed by atoms with Gasteiger partial charge in [0.15, 0.2) is 0 Å². The van der Waals surface area contributed by atoms with E-state index in [1.54, 1.807) is 13.8 Å². The van der Waals surface area contributed by atoms with Crippen LogP contribution in [0, 0.1) is 5.41 Å². The van der Waals surface area contributed by atoms with E-state index in [0.29, 0.717) is 6.42 Å². The number of hydrogen-bond acceptors (Lipinski definition) is 1. The van der Waals surface area contributed by atoms with E-state index in [1.807, 2.05) is 6.92 Å². The van der Waals surface area contributed by atoms with Gasteiger partial charge in [-0.1, -0.05) is 6.92 Å². The monoisotopic (exact) mass is 139 g/mol. The van der Waals surface area contributed by atoms with E-state index in [4.69, 9.17) is 5.11 Å². The van der Waals surface area contributed by atoms with Gasteiger partial charge in [-0.05, 0) is 20.3 Å². The molecule has 0 aromatic carbocycles. The first-order valence-corrected chi connectivity index (χ1v) is 2.74. The molecule has 1 radical (unpaired) electrons. The van der Waals surface area contributed by atoms with Crippen LogP contribution in [0.1, 0.15) is 27.2 Å². The van der Waals surface area contributed by atoms with Crippen molar-refractivity contribution in [1.82, 2.24) is 0 Å². The van der Waals surface area contributed by atoms with Crippen LogP contribution in [-0.2, 0) is 4.79 Å². The van der Waals surface area contributed by atoms with E-state index in [2.05, 4.69) is 0 Å². The predicted octanol–water partition coefficient (Wildman–Crippen LogP) is 1.13. The van der Waals surface area contributed by atoms with Crippen molar-refractivity contribution in [3.8, 4) is 0 Å². The smallest absolute Gasteiger partial charge is 0.309 e. The van der Waals surface area contributed by atoms with Crippen molar-refractivity contribution in [3.05, 3.63) is 0 Å². The van der Waals surface area contributed by atoms with E-state index in [9.17, 15) is 4.79 Å². The van der Waals surface area contributed by atoms with Crippen molar-refractivity contribution < 1.29 is 9.90 Å². The summed E-state index contributed by atoms with van der Waals surface area (Å²) in [4.78, 5) is 10.3. The summed E-state index contributed by atoms with van der Waals surface area (Å²) in [5, 5.41) is 8.44. The molecular weight excluding hydrogens is 127 g/mol. The maximum atomic E-state index is 10.3. The van der Waals surface area contributed by atoms with Gasteiger partial charge in [0.2, 0.25) is 0 Å². The second-order valence-corrected chi connectivity index (χ2v) is 2.54. The van der Waals surface area contributed by atoms with Crippen molar-refractivity contribution in [2.75, 3.05) is 0 Å². The Morgan fingerprint density at radius 3 is 1.89 bits per heavy atom. The molecule has 2 nitrogen and oxygen atoms in total. The first-order valence-electron chi connectivity index (χ1n) is 2.74. The second-order valence-electron chi connectivity index (χ2n) is 2.54. The Hall–Kier alpha value is 0.470. The third kappa shape index (κ3) is 3.95. The minimum Gasteiger partial charge on any atom is -0.481 e. The second kappa shape index (κ2) is 4.31. The normalized spacial score (nSPS) is 10.1. The zero-order valence-electron chi connectivity index (χ0n) is 6.56. The van der Waals surface area contributed by atoms with Crippen molar-refractivity contribution in [1.29, 1.82) is 0 Å². The number of carboxylic acid groups (broad SMARTS) is 1. The minimum absolute atomic E-state index is 0. The third-order valence-corrected chi connectivity index (χ3v) is 1.46. The Morgan fingerprint density at radius 2 is 1.89 bits per heavy atom. The summed E-state index contributed by atoms with van der Waals surface area (Å²) in [6.07, 6.45) is 0.683. The molecule has 3 heteroatoms. The van der Waals surface area contributed by atoms with Crippen molar-refractivity contribution in [3.63, 3.8) is 0 Å². The molecule has 0 aromatic rings. The van der Waals surface area contributed by atoms with Crippen LogP contribution in [-0.4, -0.2) is 40.6 Å². The van der Waals surface area contributed by atoms with E-state index in [1.165, 1.54) is 0 Å². The molecule has 0 bridgehead atoms. The van der Waals surface area contributed by atoms with Crippen LogP contribution >= 0.6 is 0 Å². The average Bonchev–Trinajstić information content (AvgIpc) is 1.67. The summed E-state index contributed by atoms with van der Waals surface area (Å²) in [7, 11) is 0. The van der Waals surface area contributed by atoms with E-state index in [0.717, 1.165) is 0 Å². The zero-order chi connectivity index (χ0) is 6.78. The van der Waals surface area contributed by atoms with Gasteiger partial charge in [-0.2, -0.15) is 0 Å². The van der Waals surface area contributed by atoms with Gasteiger partial charge in [0.1, 0.15) is 0 Å². The van der Waals surface area contributed by atoms with Gasteiger partial charge in [0.05, 0.1) is 5.41 Å². The number of rotatable bonds is 2.